The Morgan fingerprint density at radius 2 is 1.26 bits per heavy atom. The van der Waals surface area contributed by atoms with E-state index in [0.29, 0.717) is 6.42 Å². The molecule has 1 aromatic carbocycles. The minimum Gasteiger partial charge on any atom is -0.376 e. The van der Waals surface area contributed by atoms with Crippen LogP contribution in [0.2, 0.25) is 0 Å². The van der Waals surface area contributed by atoms with Crippen molar-refractivity contribution in [2.75, 3.05) is 27.4 Å². The number of rotatable bonds is 16. The summed E-state index contributed by atoms with van der Waals surface area (Å²) in [5, 5.41) is 0. The molecule has 180 valence electrons. The summed E-state index contributed by atoms with van der Waals surface area (Å²) < 4.78 is 89.7. The Hall–Kier alpha value is -1.29. The lowest BCUT2D eigenvalue weighted by molar-refractivity contribution is -0.391. The van der Waals surface area contributed by atoms with Gasteiger partial charge in [-0.2, -0.15) is 0 Å². The molecule has 31 heavy (non-hydrogen) atoms. The molecule has 1 atom stereocenters. The summed E-state index contributed by atoms with van der Waals surface area (Å²) in [5.41, 5.74) is -1.02. The second kappa shape index (κ2) is 14.0. The number of hydrogen-bond donors (Lipinski definition) is 0. The molecule has 9 heteroatoms. The smallest absolute Gasteiger partial charge is 0.287 e. The Bertz CT molecular complexity index is 639. The van der Waals surface area contributed by atoms with Gasteiger partial charge in [-0.15, -0.1) is 0 Å². The quantitative estimate of drug-likeness (QED) is 0.0969. The van der Waals surface area contributed by atoms with Gasteiger partial charge in [0, 0.05) is 20.8 Å². The largest absolute Gasteiger partial charge is 0.376 e. The SMILES string of the molecule is CCCCCCCCC(COCc1c(F)c(F)c(F)c(F)c1F)C(OC)(OC)OCC. The highest BCUT2D eigenvalue weighted by molar-refractivity contribution is 5.23. The lowest BCUT2D eigenvalue weighted by Crippen LogP contribution is -2.47. The molecule has 1 aromatic rings. The molecule has 0 amide bonds. The fourth-order valence-electron chi connectivity index (χ4n) is 3.47. The summed E-state index contributed by atoms with van der Waals surface area (Å²) in [4.78, 5) is 0. The monoisotopic (exact) mass is 456 g/mol. The van der Waals surface area contributed by atoms with Crippen LogP contribution in [-0.4, -0.2) is 33.4 Å². The predicted octanol–water partition coefficient (Wildman–Crippen LogP) is 6.25. The number of benzene rings is 1. The van der Waals surface area contributed by atoms with Gasteiger partial charge in [0.15, 0.2) is 23.3 Å². The Kier molecular flexibility index (Phi) is 12.5. The Labute approximate surface area is 181 Å². The lowest BCUT2D eigenvalue weighted by atomic mass is 9.98. The molecular formula is C22H33F5O4. The van der Waals surface area contributed by atoms with Crippen LogP contribution in [0.3, 0.4) is 0 Å². The minimum atomic E-state index is -2.20. The number of unbranched alkanes of at least 4 members (excludes halogenated alkanes) is 5. The fraction of sp³-hybridized carbons (Fsp3) is 0.727. The van der Waals surface area contributed by atoms with Crippen molar-refractivity contribution in [3.63, 3.8) is 0 Å². The Balaban J connectivity index is 2.88. The van der Waals surface area contributed by atoms with Gasteiger partial charge in [-0.1, -0.05) is 45.4 Å². The predicted molar refractivity (Wildman–Crippen MR) is 106 cm³/mol. The van der Waals surface area contributed by atoms with Crippen LogP contribution >= 0.6 is 0 Å². The van der Waals surface area contributed by atoms with Gasteiger partial charge in [0.2, 0.25) is 5.82 Å². The van der Waals surface area contributed by atoms with Crippen molar-refractivity contribution < 1.29 is 40.9 Å². The third-order valence-corrected chi connectivity index (χ3v) is 5.19. The van der Waals surface area contributed by atoms with Crippen LogP contribution in [-0.2, 0) is 25.6 Å². The summed E-state index contributed by atoms with van der Waals surface area (Å²) in [5.74, 6) is -12.0. The molecule has 0 N–H and O–H groups in total. The van der Waals surface area contributed by atoms with E-state index in [1.165, 1.54) is 14.2 Å². The van der Waals surface area contributed by atoms with Crippen molar-refractivity contribution in [1.29, 1.82) is 0 Å². The summed E-state index contributed by atoms with van der Waals surface area (Å²) >= 11 is 0. The summed E-state index contributed by atoms with van der Waals surface area (Å²) in [7, 11) is 2.80. The minimum absolute atomic E-state index is 0.129. The highest BCUT2D eigenvalue weighted by Gasteiger charge is 2.41. The van der Waals surface area contributed by atoms with Crippen molar-refractivity contribution >= 4 is 0 Å². The fourth-order valence-corrected chi connectivity index (χ4v) is 3.47. The first kappa shape index (κ1) is 27.7. The maximum absolute atomic E-state index is 13.9. The molecule has 0 aromatic heterocycles. The van der Waals surface area contributed by atoms with E-state index >= 15 is 0 Å². The van der Waals surface area contributed by atoms with Crippen molar-refractivity contribution in [2.45, 2.75) is 71.4 Å². The van der Waals surface area contributed by atoms with E-state index in [1.54, 1.807) is 6.92 Å². The molecule has 1 rings (SSSR count). The van der Waals surface area contributed by atoms with Crippen LogP contribution in [0.4, 0.5) is 22.0 Å². The van der Waals surface area contributed by atoms with Crippen LogP contribution in [0.25, 0.3) is 0 Å². The molecule has 0 saturated carbocycles. The maximum Gasteiger partial charge on any atom is 0.287 e. The molecule has 4 nitrogen and oxygen atoms in total. The zero-order valence-electron chi connectivity index (χ0n) is 18.7. The van der Waals surface area contributed by atoms with Crippen LogP contribution in [0.5, 0.6) is 0 Å². The summed E-state index contributed by atoms with van der Waals surface area (Å²) in [6.07, 6.45) is 6.82. The molecular weight excluding hydrogens is 423 g/mol. The number of halogens is 5. The van der Waals surface area contributed by atoms with E-state index in [2.05, 4.69) is 6.92 Å². The molecule has 0 aliphatic rings. The molecule has 0 aliphatic carbocycles. The Morgan fingerprint density at radius 3 is 1.77 bits per heavy atom. The molecule has 0 heterocycles. The molecule has 0 aliphatic heterocycles. The lowest BCUT2D eigenvalue weighted by Gasteiger charge is -2.37. The summed E-state index contributed by atoms with van der Waals surface area (Å²) in [6, 6.07) is 0. The number of methoxy groups -OCH3 is 2. The normalized spacial score (nSPS) is 13.1. The molecule has 0 radical (unpaired) electrons. The molecule has 0 bridgehead atoms. The standard InChI is InChI=1S/C22H33F5O4/c1-5-7-8-9-10-11-12-15(22(28-3,29-4)31-6-2)13-30-14-16-17(23)19(25)21(27)20(26)18(16)24/h15H,5-14H2,1-4H3. The summed E-state index contributed by atoms with van der Waals surface area (Å²) in [6.45, 7) is 3.23. The highest BCUT2D eigenvalue weighted by Crippen LogP contribution is 2.31. The van der Waals surface area contributed by atoms with Crippen molar-refractivity contribution in [1.82, 2.24) is 0 Å². The number of ether oxygens (including phenoxy) is 4. The van der Waals surface area contributed by atoms with Crippen molar-refractivity contribution in [3.05, 3.63) is 34.6 Å². The zero-order chi connectivity index (χ0) is 23.4. The van der Waals surface area contributed by atoms with Crippen molar-refractivity contribution in [2.24, 2.45) is 5.92 Å². The van der Waals surface area contributed by atoms with E-state index in [-0.39, 0.29) is 13.2 Å². The average Bonchev–Trinajstić information content (AvgIpc) is 2.78. The molecule has 0 fully saturated rings. The first-order valence-corrected chi connectivity index (χ1v) is 10.6. The molecule has 0 saturated heterocycles. The van der Waals surface area contributed by atoms with E-state index in [4.69, 9.17) is 18.9 Å². The van der Waals surface area contributed by atoms with Gasteiger partial charge >= 0.3 is 0 Å². The third-order valence-electron chi connectivity index (χ3n) is 5.19. The van der Waals surface area contributed by atoms with Gasteiger partial charge in [-0.25, -0.2) is 22.0 Å². The van der Waals surface area contributed by atoms with Gasteiger partial charge in [0.1, 0.15) is 0 Å². The number of hydrogen-bond acceptors (Lipinski definition) is 4. The second-order valence-corrected chi connectivity index (χ2v) is 7.26. The first-order valence-electron chi connectivity index (χ1n) is 10.6. The molecule has 0 spiro atoms. The van der Waals surface area contributed by atoms with Crippen LogP contribution in [0.1, 0.15) is 64.4 Å². The van der Waals surface area contributed by atoms with E-state index in [0.717, 1.165) is 38.5 Å². The third kappa shape index (κ3) is 7.37. The van der Waals surface area contributed by atoms with Gasteiger partial charge < -0.3 is 18.9 Å². The topological polar surface area (TPSA) is 36.9 Å². The Morgan fingerprint density at radius 1 is 0.742 bits per heavy atom. The average molecular weight is 456 g/mol. The second-order valence-electron chi connectivity index (χ2n) is 7.26. The van der Waals surface area contributed by atoms with Gasteiger partial charge in [-0.3, -0.25) is 0 Å². The van der Waals surface area contributed by atoms with E-state index in [9.17, 15) is 22.0 Å². The van der Waals surface area contributed by atoms with Gasteiger partial charge in [0.25, 0.3) is 5.97 Å². The maximum atomic E-state index is 13.9. The highest BCUT2D eigenvalue weighted by atomic mass is 19.2. The van der Waals surface area contributed by atoms with Gasteiger partial charge in [0.05, 0.1) is 24.7 Å². The van der Waals surface area contributed by atoms with Crippen LogP contribution in [0.15, 0.2) is 0 Å². The van der Waals surface area contributed by atoms with Gasteiger partial charge in [-0.05, 0) is 13.3 Å². The van der Waals surface area contributed by atoms with Crippen LogP contribution in [0, 0.1) is 35.0 Å². The van der Waals surface area contributed by atoms with E-state index < -0.39 is 53.1 Å². The van der Waals surface area contributed by atoms with Crippen molar-refractivity contribution in [3.8, 4) is 0 Å². The molecule has 1 unspecified atom stereocenters. The van der Waals surface area contributed by atoms with Crippen LogP contribution < -0.4 is 0 Å². The zero-order valence-corrected chi connectivity index (χ0v) is 18.7. The van der Waals surface area contributed by atoms with E-state index in [1.807, 2.05) is 0 Å². The first-order chi connectivity index (χ1) is 14.8.